The SMILES string of the molecule is NNC1(c2ccc3c(c2)CCCS3)COC1. The molecule has 1 aromatic carbocycles. The molecule has 1 fully saturated rings. The van der Waals surface area contributed by atoms with E-state index in [4.69, 9.17) is 10.6 Å². The van der Waals surface area contributed by atoms with Crippen LogP contribution in [0.25, 0.3) is 0 Å². The van der Waals surface area contributed by atoms with E-state index in [2.05, 4.69) is 23.6 Å². The van der Waals surface area contributed by atoms with E-state index in [9.17, 15) is 0 Å². The zero-order chi connectivity index (χ0) is 11.0. The summed E-state index contributed by atoms with van der Waals surface area (Å²) in [4.78, 5) is 1.43. The summed E-state index contributed by atoms with van der Waals surface area (Å²) in [5, 5.41) is 0. The molecule has 0 amide bonds. The number of hydrogen-bond acceptors (Lipinski definition) is 4. The summed E-state index contributed by atoms with van der Waals surface area (Å²) in [7, 11) is 0. The number of fused-ring (bicyclic) bond motifs is 1. The van der Waals surface area contributed by atoms with Gasteiger partial charge in [-0.25, -0.2) is 5.43 Å². The molecule has 0 saturated carbocycles. The second-order valence-electron chi connectivity index (χ2n) is 4.49. The normalized spacial score (nSPS) is 22.3. The van der Waals surface area contributed by atoms with E-state index < -0.39 is 0 Å². The summed E-state index contributed by atoms with van der Waals surface area (Å²) in [6.45, 7) is 1.35. The zero-order valence-corrected chi connectivity index (χ0v) is 9.98. The second kappa shape index (κ2) is 4.04. The summed E-state index contributed by atoms with van der Waals surface area (Å²) in [6, 6.07) is 6.70. The molecule has 0 aliphatic carbocycles. The van der Waals surface area contributed by atoms with Gasteiger partial charge in [0.05, 0.1) is 13.2 Å². The predicted molar refractivity (Wildman–Crippen MR) is 65.3 cm³/mol. The van der Waals surface area contributed by atoms with E-state index in [1.807, 2.05) is 11.8 Å². The molecule has 0 unspecified atom stereocenters. The molecule has 86 valence electrons. The highest BCUT2D eigenvalue weighted by molar-refractivity contribution is 7.99. The van der Waals surface area contributed by atoms with Gasteiger partial charge in [0.15, 0.2) is 0 Å². The lowest BCUT2D eigenvalue weighted by molar-refractivity contribution is -0.0787. The van der Waals surface area contributed by atoms with Crippen molar-refractivity contribution in [3.63, 3.8) is 0 Å². The van der Waals surface area contributed by atoms with Crippen LogP contribution in [0, 0.1) is 0 Å². The minimum Gasteiger partial charge on any atom is -0.377 e. The van der Waals surface area contributed by atoms with Gasteiger partial charge in [0.2, 0.25) is 0 Å². The first kappa shape index (κ1) is 10.6. The first-order valence-electron chi connectivity index (χ1n) is 5.66. The largest absolute Gasteiger partial charge is 0.377 e. The molecule has 2 aliphatic heterocycles. The molecule has 1 saturated heterocycles. The minimum atomic E-state index is -0.142. The molecule has 16 heavy (non-hydrogen) atoms. The number of rotatable bonds is 2. The van der Waals surface area contributed by atoms with Gasteiger partial charge in [0.25, 0.3) is 0 Å². The Morgan fingerprint density at radius 1 is 1.38 bits per heavy atom. The van der Waals surface area contributed by atoms with E-state index in [-0.39, 0.29) is 5.54 Å². The van der Waals surface area contributed by atoms with Crippen LogP contribution >= 0.6 is 11.8 Å². The zero-order valence-electron chi connectivity index (χ0n) is 9.16. The Morgan fingerprint density at radius 3 is 2.94 bits per heavy atom. The third-order valence-electron chi connectivity index (χ3n) is 3.43. The van der Waals surface area contributed by atoms with Gasteiger partial charge < -0.3 is 4.74 Å². The molecule has 0 spiro atoms. The molecule has 0 aromatic heterocycles. The van der Waals surface area contributed by atoms with E-state index >= 15 is 0 Å². The van der Waals surface area contributed by atoms with Gasteiger partial charge in [-0.05, 0) is 35.8 Å². The van der Waals surface area contributed by atoms with E-state index in [1.165, 1.54) is 34.6 Å². The van der Waals surface area contributed by atoms with Crippen LogP contribution in [0.4, 0.5) is 0 Å². The van der Waals surface area contributed by atoms with Crippen molar-refractivity contribution < 1.29 is 4.74 Å². The Bertz CT molecular complexity index is 398. The van der Waals surface area contributed by atoms with Gasteiger partial charge >= 0.3 is 0 Å². The molecule has 3 rings (SSSR count). The summed E-state index contributed by atoms with van der Waals surface area (Å²) >= 11 is 1.96. The monoisotopic (exact) mass is 236 g/mol. The number of nitrogens with two attached hydrogens (primary N) is 1. The van der Waals surface area contributed by atoms with Crippen molar-refractivity contribution in [3.8, 4) is 0 Å². The third kappa shape index (κ3) is 1.57. The van der Waals surface area contributed by atoms with Crippen LogP contribution in [-0.4, -0.2) is 19.0 Å². The van der Waals surface area contributed by atoms with Crippen molar-refractivity contribution in [2.24, 2.45) is 5.84 Å². The fourth-order valence-electron chi connectivity index (χ4n) is 2.30. The third-order valence-corrected chi connectivity index (χ3v) is 4.64. The molecule has 0 radical (unpaired) electrons. The first-order valence-corrected chi connectivity index (χ1v) is 6.64. The fourth-order valence-corrected chi connectivity index (χ4v) is 3.32. The van der Waals surface area contributed by atoms with Crippen LogP contribution in [0.5, 0.6) is 0 Å². The average Bonchev–Trinajstić information content (AvgIpc) is 2.28. The standard InChI is InChI=1S/C12H16N2OS/c13-14-12(7-15-8-12)10-3-4-11-9(6-10)2-1-5-16-11/h3-4,6,14H,1-2,5,7-8,13H2. The Labute approximate surface area is 99.7 Å². The molecule has 0 bridgehead atoms. The maximum absolute atomic E-state index is 5.64. The molecular weight excluding hydrogens is 220 g/mol. The van der Waals surface area contributed by atoms with Crippen LogP contribution in [-0.2, 0) is 16.7 Å². The van der Waals surface area contributed by atoms with Gasteiger partial charge in [-0.2, -0.15) is 0 Å². The van der Waals surface area contributed by atoms with E-state index in [0.29, 0.717) is 13.2 Å². The Hall–Kier alpha value is -0.550. The van der Waals surface area contributed by atoms with E-state index in [0.717, 1.165) is 0 Å². The van der Waals surface area contributed by atoms with Crippen LogP contribution < -0.4 is 11.3 Å². The lowest BCUT2D eigenvalue weighted by atomic mass is 9.87. The number of hydrazine groups is 1. The van der Waals surface area contributed by atoms with Crippen molar-refractivity contribution in [1.29, 1.82) is 0 Å². The Balaban J connectivity index is 1.96. The number of benzene rings is 1. The number of ether oxygens (including phenoxy) is 1. The van der Waals surface area contributed by atoms with Crippen molar-refractivity contribution in [3.05, 3.63) is 29.3 Å². The van der Waals surface area contributed by atoms with Crippen molar-refractivity contribution in [1.82, 2.24) is 5.43 Å². The van der Waals surface area contributed by atoms with Gasteiger partial charge in [-0.1, -0.05) is 12.1 Å². The molecular formula is C12H16N2OS. The average molecular weight is 236 g/mol. The van der Waals surface area contributed by atoms with Gasteiger partial charge in [0.1, 0.15) is 5.54 Å². The van der Waals surface area contributed by atoms with Gasteiger partial charge in [-0.15, -0.1) is 11.8 Å². The topological polar surface area (TPSA) is 47.3 Å². The van der Waals surface area contributed by atoms with Gasteiger partial charge in [-0.3, -0.25) is 5.84 Å². The lowest BCUT2D eigenvalue weighted by Gasteiger charge is -2.41. The summed E-state index contributed by atoms with van der Waals surface area (Å²) in [5.74, 6) is 6.89. The smallest absolute Gasteiger partial charge is 0.103 e. The van der Waals surface area contributed by atoms with Crippen LogP contribution in [0.2, 0.25) is 0 Å². The molecule has 3 N–H and O–H groups in total. The highest BCUT2D eigenvalue weighted by Crippen LogP contribution is 2.35. The molecule has 1 aromatic rings. The molecule has 3 nitrogen and oxygen atoms in total. The number of hydrogen-bond donors (Lipinski definition) is 2. The van der Waals surface area contributed by atoms with Gasteiger partial charge in [0, 0.05) is 4.90 Å². The summed E-state index contributed by atoms with van der Waals surface area (Å²) in [5.41, 5.74) is 5.50. The highest BCUT2D eigenvalue weighted by atomic mass is 32.2. The van der Waals surface area contributed by atoms with Crippen molar-refractivity contribution in [2.45, 2.75) is 23.3 Å². The lowest BCUT2D eigenvalue weighted by Crippen LogP contribution is -2.60. The van der Waals surface area contributed by atoms with Crippen LogP contribution in [0.15, 0.2) is 23.1 Å². The highest BCUT2D eigenvalue weighted by Gasteiger charge is 2.39. The van der Waals surface area contributed by atoms with Crippen LogP contribution in [0.1, 0.15) is 17.5 Å². The summed E-state index contributed by atoms with van der Waals surface area (Å²) < 4.78 is 5.28. The quantitative estimate of drug-likeness (QED) is 0.602. The Morgan fingerprint density at radius 2 is 2.25 bits per heavy atom. The fraction of sp³-hybridized carbons (Fsp3) is 0.500. The molecule has 0 atom stereocenters. The van der Waals surface area contributed by atoms with Crippen molar-refractivity contribution in [2.75, 3.05) is 19.0 Å². The number of aryl methyl sites for hydroxylation is 1. The van der Waals surface area contributed by atoms with E-state index in [1.54, 1.807) is 0 Å². The summed E-state index contributed by atoms with van der Waals surface area (Å²) in [6.07, 6.45) is 2.47. The number of nitrogens with one attached hydrogen (secondary N) is 1. The molecule has 4 heteroatoms. The number of thioether (sulfide) groups is 1. The first-order chi connectivity index (χ1) is 7.84. The molecule has 2 heterocycles. The second-order valence-corrected chi connectivity index (χ2v) is 5.63. The maximum Gasteiger partial charge on any atom is 0.103 e. The molecule has 2 aliphatic rings. The maximum atomic E-state index is 5.64. The Kier molecular flexibility index (Phi) is 2.67. The van der Waals surface area contributed by atoms with Crippen molar-refractivity contribution >= 4 is 11.8 Å². The minimum absolute atomic E-state index is 0.142. The van der Waals surface area contributed by atoms with Crippen LogP contribution in [0.3, 0.4) is 0 Å². The predicted octanol–water partition coefficient (Wildman–Crippen LogP) is 1.41.